The Labute approximate surface area is 234 Å². The van der Waals surface area contributed by atoms with Gasteiger partial charge in [0.1, 0.15) is 5.82 Å². The van der Waals surface area contributed by atoms with Gasteiger partial charge in [-0.1, -0.05) is 42.8 Å². The van der Waals surface area contributed by atoms with Gasteiger partial charge in [0.05, 0.1) is 21.7 Å². The van der Waals surface area contributed by atoms with E-state index in [-0.39, 0.29) is 48.7 Å². The van der Waals surface area contributed by atoms with E-state index in [2.05, 4.69) is 5.32 Å². The van der Waals surface area contributed by atoms with Gasteiger partial charge in [-0.25, -0.2) is 4.39 Å². The van der Waals surface area contributed by atoms with Gasteiger partial charge in [-0.2, -0.15) is 13.2 Å². The number of piperazine rings is 1. The minimum absolute atomic E-state index is 0.00550. The third-order valence-corrected chi connectivity index (χ3v) is 7.25. The maximum atomic E-state index is 14.5. The van der Waals surface area contributed by atoms with E-state index in [0.29, 0.717) is 35.3 Å². The maximum Gasteiger partial charge on any atom is 0.416 e. The second-order valence-electron chi connectivity index (χ2n) is 9.46. The van der Waals surface area contributed by atoms with Crippen LogP contribution >= 0.6 is 11.6 Å². The Morgan fingerprint density at radius 2 is 1.80 bits per heavy atom. The molecule has 1 saturated heterocycles. The molecule has 1 fully saturated rings. The molecule has 212 valence electrons. The van der Waals surface area contributed by atoms with Crippen molar-refractivity contribution in [1.82, 2.24) is 10.2 Å². The van der Waals surface area contributed by atoms with E-state index in [9.17, 15) is 27.2 Å². The van der Waals surface area contributed by atoms with Crippen molar-refractivity contribution in [1.29, 1.82) is 0 Å². The fourth-order valence-corrected chi connectivity index (χ4v) is 5.12. The van der Waals surface area contributed by atoms with Crippen molar-refractivity contribution in [2.45, 2.75) is 25.6 Å². The highest BCUT2D eigenvalue weighted by molar-refractivity contribution is 6.33. The SMILES string of the molecule is CC[C@@H]1CN(C(=O)c2ccc(C(F)(F)F)cc2Cl)CCN1c1ccc(-c2ccccc2F)cc1C(=O)NCCN. The number of amides is 2. The van der Waals surface area contributed by atoms with Gasteiger partial charge >= 0.3 is 6.18 Å². The number of alkyl halides is 3. The summed E-state index contributed by atoms with van der Waals surface area (Å²) in [6.45, 7) is 3.34. The second-order valence-corrected chi connectivity index (χ2v) is 9.86. The Bertz CT molecular complexity index is 1400. The quantitative estimate of drug-likeness (QED) is 0.359. The van der Waals surface area contributed by atoms with Gasteiger partial charge in [0.15, 0.2) is 0 Å². The number of benzene rings is 3. The number of halogens is 5. The van der Waals surface area contributed by atoms with Crippen molar-refractivity contribution in [3.05, 3.63) is 88.2 Å². The van der Waals surface area contributed by atoms with Gasteiger partial charge in [0, 0.05) is 50.0 Å². The van der Waals surface area contributed by atoms with Gasteiger partial charge in [0.25, 0.3) is 11.8 Å². The third-order valence-electron chi connectivity index (χ3n) is 6.93. The van der Waals surface area contributed by atoms with E-state index in [4.69, 9.17) is 17.3 Å². The fraction of sp³-hybridized carbons (Fsp3) is 0.310. The molecule has 0 unspecified atom stereocenters. The molecular weight excluding hydrogens is 548 g/mol. The largest absolute Gasteiger partial charge is 0.416 e. The van der Waals surface area contributed by atoms with E-state index in [1.54, 1.807) is 41.3 Å². The molecule has 0 aliphatic carbocycles. The summed E-state index contributed by atoms with van der Waals surface area (Å²) < 4.78 is 53.6. The average molecular weight is 577 g/mol. The lowest BCUT2D eigenvalue weighted by atomic mass is 9.98. The predicted octanol–water partition coefficient (Wildman–Crippen LogP) is 5.59. The monoisotopic (exact) mass is 576 g/mol. The summed E-state index contributed by atoms with van der Waals surface area (Å²) in [6, 6.07) is 14.0. The molecule has 4 rings (SSSR count). The Hall–Kier alpha value is -3.63. The first-order valence-electron chi connectivity index (χ1n) is 12.8. The van der Waals surface area contributed by atoms with Crippen molar-refractivity contribution in [3.63, 3.8) is 0 Å². The summed E-state index contributed by atoms with van der Waals surface area (Å²) in [7, 11) is 0. The Morgan fingerprint density at radius 1 is 1.05 bits per heavy atom. The maximum absolute atomic E-state index is 14.5. The summed E-state index contributed by atoms with van der Waals surface area (Å²) in [4.78, 5) is 30.0. The number of nitrogens with zero attached hydrogens (tertiary/aromatic N) is 2. The van der Waals surface area contributed by atoms with Gasteiger partial charge in [-0.3, -0.25) is 9.59 Å². The molecule has 1 aliphatic rings. The van der Waals surface area contributed by atoms with Crippen molar-refractivity contribution >= 4 is 29.1 Å². The molecule has 1 aliphatic heterocycles. The van der Waals surface area contributed by atoms with Crippen molar-refractivity contribution < 1.29 is 27.2 Å². The van der Waals surface area contributed by atoms with Crippen LogP contribution in [0.1, 0.15) is 39.6 Å². The van der Waals surface area contributed by atoms with Crippen molar-refractivity contribution in [2.24, 2.45) is 5.73 Å². The number of carbonyl (C=O) groups is 2. The number of anilines is 1. The van der Waals surface area contributed by atoms with Crippen LogP contribution in [0.4, 0.5) is 23.2 Å². The molecule has 1 heterocycles. The van der Waals surface area contributed by atoms with Crippen LogP contribution in [0.2, 0.25) is 5.02 Å². The van der Waals surface area contributed by atoms with Crippen LogP contribution in [0.3, 0.4) is 0 Å². The smallest absolute Gasteiger partial charge is 0.364 e. The van der Waals surface area contributed by atoms with E-state index < -0.39 is 23.5 Å². The minimum atomic E-state index is -4.57. The van der Waals surface area contributed by atoms with Crippen LogP contribution in [-0.4, -0.2) is 55.5 Å². The van der Waals surface area contributed by atoms with Crippen LogP contribution in [0.25, 0.3) is 11.1 Å². The first-order chi connectivity index (χ1) is 19.0. The highest BCUT2D eigenvalue weighted by atomic mass is 35.5. The lowest BCUT2D eigenvalue weighted by molar-refractivity contribution is -0.137. The Morgan fingerprint density at radius 3 is 2.45 bits per heavy atom. The van der Waals surface area contributed by atoms with Crippen molar-refractivity contribution in [3.8, 4) is 11.1 Å². The lowest BCUT2D eigenvalue weighted by Gasteiger charge is -2.43. The number of rotatable bonds is 7. The van der Waals surface area contributed by atoms with Gasteiger partial charge in [0.2, 0.25) is 0 Å². The van der Waals surface area contributed by atoms with Crippen LogP contribution in [0.5, 0.6) is 0 Å². The summed E-state index contributed by atoms with van der Waals surface area (Å²) in [6.07, 6.45) is -3.95. The third kappa shape index (κ3) is 6.23. The minimum Gasteiger partial charge on any atom is -0.364 e. The van der Waals surface area contributed by atoms with Gasteiger partial charge in [-0.05, 0) is 48.4 Å². The molecule has 0 saturated carbocycles. The second kappa shape index (κ2) is 12.3. The first kappa shape index (κ1) is 29.4. The standard InChI is InChI=1S/C29H29ClF4N4O2/c1-2-20-17-37(28(40)22-9-8-19(16-24(22)30)29(32,33)34)13-14-38(20)26-10-7-18(21-5-3-4-6-25(21)31)15-23(26)27(39)36-12-11-35/h3-10,15-16,20H,2,11-14,17,35H2,1H3,(H,36,39)/t20-/m1/s1. The summed E-state index contributed by atoms with van der Waals surface area (Å²) in [5, 5.41) is 2.51. The van der Waals surface area contributed by atoms with Gasteiger partial charge in [-0.15, -0.1) is 0 Å². The number of hydrogen-bond donors (Lipinski definition) is 2. The Balaban J connectivity index is 1.62. The predicted molar refractivity (Wildman–Crippen MR) is 147 cm³/mol. The van der Waals surface area contributed by atoms with Gasteiger partial charge < -0.3 is 20.9 Å². The first-order valence-corrected chi connectivity index (χ1v) is 13.2. The average Bonchev–Trinajstić information content (AvgIpc) is 2.94. The summed E-state index contributed by atoms with van der Waals surface area (Å²) >= 11 is 6.08. The molecular formula is C29H29ClF4N4O2. The van der Waals surface area contributed by atoms with Crippen LogP contribution in [0, 0.1) is 5.82 Å². The van der Waals surface area contributed by atoms with E-state index in [1.165, 1.54) is 6.07 Å². The van der Waals surface area contributed by atoms with E-state index in [1.807, 2.05) is 11.8 Å². The highest BCUT2D eigenvalue weighted by Gasteiger charge is 2.34. The van der Waals surface area contributed by atoms with Crippen LogP contribution in [-0.2, 0) is 6.18 Å². The summed E-state index contributed by atoms with van der Waals surface area (Å²) in [5.41, 5.74) is 6.51. The number of nitrogens with one attached hydrogen (secondary N) is 1. The van der Waals surface area contributed by atoms with Crippen molar-refractivity contribution in [2.75, 3.05) is 37.6 Å². The number of carbonyl (C=O) groups excluding carboxylic acids is 2. The molecule has 0 aromatic heterocycles. The van der Waals surface area contributed by atoms with E-state index in [0.717, 1.165) is 18.2 Å². The molecule has 11 heteroatoms. The molecule has 3 N–H and O–H groups in total. The number of nitrogens with two attached hydrogens (primary N) is 1. The molecule has 40 heavy (non-hydrogen) atoms. The molecule has 3 aromatic rings. The fourth-order valence-electron chi connectivity index (χ4n) is 4.85. The molecule has 0 radical (unpaired) electrons. The molecule has 2 amide bonds. The molecule has 3 aromatic carbocycles. The number of hydrogen-bond acceptors (Lipinski definition) is 4. The van der Waals surface area contributed by atoms with Crippen LogP contribution < -0.4 is 16.0 Å². The van der Waals surface area contributed by atoms with E-state index >= 15 is 0 Å². The zero-order valence-corrected chi connectivity index (χ0v) is 22.5. The molecule has 1 atom stereocenters. The highest BCUT2D eigenvalue weighted by Crippen LogP contribution is 2.34. The zero-order chi connectivity index (χ0) is 29.0. The normalized spacial score (nSPS) is 15.7. The Kier molecular flexibility index (Phi) is 9.00. The topological polar surface area (TPSA) is 78.7 Å². The zero-order valence-electron chi connectivity index (χ0n) is 21.8. The van der Waals surface area contributed by atoms with Crippen LogP contribution in [0.15, 0.2) is 60.7 Å². The molecule has 0 spiro atoms. The molecule has 0 bridgehead atoms. The lowest BCUT2D eigenvalue weighted by Crippen LogP contribution is -2.55. The molecule has 6 nitrogen and oxygen atoms in total. The summed E-state index contributed by atoms with van der Waals surface area (Å²) in [5.74, 6) is -1.24.